The second-order valence-corrected chi connectivity index (χ2v) is 21.4. The Kier molecular flexibility index (Phi) is 45.9. The second-order valence-electron chi connectivity index (χ2n) is 20.0. The molecule has 3 N–H and O–H groups in total. The van der Waals surface area contributed by atoms with Crippen LogP contribution < -0.4 is 5.32 Å². The fourth-order valence-electron chi connectivity index (χ4n) is 8.01. The van der Waals surface area contributed by atoms with Gasteiger partial charge in [0.25, 0.3) is 0 Å². The van der Waals surface area contributed by atoms with E-state index in [1.807, 2.05) is 27.2 Å². The van der Waals surface area contributed by atoms with E-state index in [1.54, 1.807) is 6.08 Å². The number of aliphatic hydroxyl groups is 1. The zero-order valence-corrected chi connectivity index (χ0v) is 43.9. The normalized spacial score (nSPS) is 14.3. The van der Waals surface area contributed by atoms with Crippen molar-refractivity contribution in [3.05, 3.63) is 36.5 Å². The molecule has 0 aromatic heterocycles. The van der Waals surface area contributed by atoms with Crippen molar-refractivity contribution < 1.29 is 32.9 Å². The third-order valence-corrected chi connectivity index (χ3v) is 13.3. The summed E-state index contributed by atoms with van der Waals surface area (Å²) < 4.78 is 23.7. The van der Waals surface area contributed by atoms with Crippen LogP contribution in [0.25, 0.3) is 0 Å². The van der Waals surface area contributed by atoms with Gasteiger partial charge in [-0.15, -0.1) is 0 Å². The number of carbonyl (C=O) groups excluding carboxylic acids is 1. The zero-order chi connectivity index (χ0) is 47.1. The van der Waals surface area contributed by atoms with Crippen LogP contribution in [0.2, 0.25) is 0 Å². The summed E-state index contributed by atoms with van der Waals surface area (Å²) in [4.78, 5) is 23.2. The van der Waals surface area contributed by atoms with Crippen molar-refractivity contribution in [3.63, 3.8) is 0 Å². The van der Waals surface area contributed by atoms with Crippen LogP contribution in [-0.4, -0.2) is 73.4 Å². The smallest absolute Gasteiger partial charge is 0.387 e. The molecule has 0 saturated carbocycles. The molecule has 0 aromatic rings. The molecule has 0 saturated heterocycles. The first kappa shape index (κ1) is 62.7. The van der Waals surface area contributed by atoms with Gasteiger partial charge in [-0.1, -0.05) is 237 Å². The fourth-order valence-corrected chi connectivity index (χ4v) is 8.75. The molecule has 0 aromatic carbocycles. The van der Waals surface area contributed by atoms with Gasteiger partial charge in [-0.3, -0.25) is 13.8 Å². The molecule has 0 aliphatic rings. The van der Waals surface area contributed by atoms with Crippen molar-refractivity contribution in [1.82, 2.24) is 5.32 Å². The second kappa shape index (κ2) is 46.8. The summed E-state index contributed by atoms with van der Waals surface area (Å²) in [7, 11) is 1.57. The average molecular weight is 924 g/mol. The predicted octanol–water partition coefficient (Wildman–Crippen LogP) is 16.2. The highest BCUT2D eigenvalue weighted by molar-refractivity contribution is 7.47. The number of amides is 1. The number of unbranched alkanes of at least 4 members (excludes halogenated alkanes) is 33. The minimum absolute atomic E-state index is 0.0588. The van der Waals surface area contributed by atoms with Gasteiger partial charge in [-0.25, -0.2) is 4.57 Å². The van der Waals surface area contributed by atoms with Crippen LogP contribution in [0.1, 0.15) is 258 Å². The van der Waals surface area contributed by atoms with E-state index in [1.165, 1.54) is 173 Å². The van der Waals surface area contributed by atoms with Crippen molar-refractivity contribution in [2.75, 3.05) is 40.9 Å². The van der Waals surface area contributed by atoms with Crippen molar-refractivity contribution in [1.29, 1.82) is 0 Å². The van der Waals surface area contributed by atoms with Crippen LogP contribution in [-0.2, 0) is 18.4 Å². The number of phosphoric acid groups is 1. The number of carbonyl (C=O) groups is 1. The predicted molar refractivity (Wildman–Crippen MR) is 277 cm³/mol. The minimum Gasteiger partial charge on any atom is -0.387 e. The molecule has 0 rings (SSSR count). The highest BCUT2D eigenvalue weighted by atomic mass is 31.2. The number of allylic oxidation sites excluding steroid dienone is 5. The van der Waals surface area contributed by atoms with Gasteiger partial charge in [-0.2, -0.15) is 0 Å². The number of quaternary nitrogens is 1. The number of hydrogen-bond donors (Lipinski definition) is 3. The highest BCUT2D eigenvalue weighted by Gasteiger charge is 2.27. The molecule has 1 amide bonds. The Morgan fingerprint density at radius 3 is 1.30 bits per heavy atom. The van der Waals surface area contributed by atoms with Crippen LogP contribution in [0.3, 0.4) is 0 Å². The molecule has 0 aliphatic carbocycles. The van der Waals surface area contributed by atoms with E-state index in [9.17, 15) is 19.4 Å². The minimum atomic E-state index is -4.35. The molecule has 0 bridgehead atoms. The lowest BCUT2D eigenvalue weighted by Gasteiger charge is -2.25. The molecule has 3 unspecified atom stereocenters. The van der Waals surface area contributed by atoms with Gasteiger partial charge in [0.2, 0.25) is 5.91 Å². The topological polar surface area (TPSA) is 105 Å². The number of rotatable bonds is 50. The molecule has 8 nitrogen and oxygen atoms in total. The van der Waals surface area contributed by atoms with Crippen molar-refractivity contribution in [2.24, 2.45) is 0 Å². The molecule has 378 valence electrons. The Morgan fingerprint density at radius 1 is 0.531 bits per heavy atom. The monoisotopic (exact) mass is 924 g/mol. The summed E-state index contributed by atoms with van der Waals surface area (Å²) in [6, 6.07) is -0.854. The van der Waals surface area contributed by atoms with Crippen molar-refractivity contribution in [3.8, 4) is 0 Å². The molecule has 3 atom stereocenters. The molecular weight excluding hydrogens is 816 g/mol. The Labute approximate surface area is 397 Å². The summed E-state index contributed by atoms with van der Waals surface area (Å²) in [5.74, 6) is -0.189. The SMILES string of the molecule is CCCCCC/C=C\C/C=C\CCCCCCCC(=O)NC(COP(=O)(O)OCC[N+](C)(C)C)C(O)/C=C/CCCCCCCCCCCCCCCCCCCCCCCCCC. The summed E-state index contributed by atoms with van der Waals surface area (Å²) in [6.45, 7) is 4.81. The summed E-state index contributed by atoms with van der Waals surface area (Å²) >= 11 is 0. The lowest BCUT2D eigenvalue weighted by molar-refractivity contribution is -0.870. The standard InChI is InChI=1S/C55H107N2O6P/c1-6-8-10-12-14-16-18-20-22-24-25-26-27-28-29-30-31-32-33-34-36-38-40-42-44-46-48-54(58)53(52-63-64(60,61)62-51-50-57(3,4)5)56-55(59)49-47-45-43-41-39-37-35-23-21-19-17-15-13-11-9-7-2/h17,19,23,35,46,48,53-54,58H,6-16,18,20-22,24-34,36-45,47,49-52H2,1-5H3,(H-,56,59,60,61)/p+1/b19-17-,35-23-,48-46+. The van der Waals surface area contributed by atoms with Crippen LogP contribution in [0, 0.1) is 0 Å². The summed E-state index contributed by atoms with van der Waals surface area (Å²) in [6.07, 6.45) is 59.5. The quantitative estimate of drug-likeness (QED) is 0.0243. The zero-order valence-electron chi connectivity index (χ0n) is 43.0. The lowest BCUT2D eigenvalue weighted by Crippen LogP contribution is -2.45. The molecule has 0 aliphatic heterocycles. The number of phosphoric ester groups is 1. The van der Waals surface area contributed by atoms with Gasteiger partial charge in [0.1, 0.15) is 13.2 Å². The maximum absolute atomic E-state index is 12.9. The van der Waals surface area contributed by atoms with E-state index >= 15 is 0 Å². The fraction of sp³-hybridized carbons (Fsp3) is 0.873. The van der Waals surface area contributed by atoms with Gasteiger partial charge in [0.05, 0.1) is 39.9 Å². The van der Waals surface area contributed by atoms with E-state index in [0.29, 0.717) is 17.4 Å². The number of likely N-dealkylation sites (N-methyl/N-ethyl adjacent to an activating group) is 1. The molecule has 64 heavy (non-hydrogen) atoms. The van der Waals surface area contributed by atoms with E-state index in [2.05, 4.69) is 43.5 Å². The van der Waals surface area contributed by atoms with E-state index < -0.39 is 20.0 Å². The van der Waals surface area contributed by atoms with Gasteiger partial charge in [-0.05, 0) is 51.4 Å². The Hall–Kier alpha value is -1.28. The van der Waals surface area contributed by atoms with Crippen molar-refractivity contribution in [2.45, 2.75) is 270 Å². The largest absolute Gasteiger partial charge is 0.472 e. The van der Waals surface area contributed by atoms with Crippen LogP contribution in [0.4, 0.5) is 0 Å². The van der Waals surface area contributed by atoms with Crippen LogP contribution >= 0.6 is 7.82 Å². The third kappa shape index (κ3) is 48.6. The molecule has 0 heterocycles. The summed E-state index contributed by atoms with van der Waals surface area (Å²) in [5.41, 5.74) is 0. The van der Waals surface area contributed by atoms with E-state index in [-0.39, 0.29) is 19.1 Å². The maximum Gasteiger partial charge on any atom is 0.472 e. The Balaban J connectivity index is 4.22. The third-order valence-electron chi connectivity index (χ3n) is 12.4. The Morgan fingerprint density at radius 2 is 0.891 bits per heavy atom. The number of nitrogens with zero attached hydrogens (tertiary/aromatic N) is 1. The number of aliphatic hydroxyl groups excluding tert-OH is 1. The van der Waals surface area contributed by atoms with E-state index in [4.69, 9.17) is 9.05 Å². The molecule has 0 radical (unpaired) electrons. The van der Waals surface area contributed by atoms with Gasteiger partial charge >= 0.3 is 7.82 Å². The summed E-state index contributed by atoms with van der Waals surface area (Å²) in [5, 5.41) is 13.9. The van der Waals surface area contributed by atoms with Gasteiger partial charge in [0.15, 0.2) is 0 Å². The number of hydrogen-bond acceptors (Lipinski definition) is 5. The van der Waals surface area contributed by atoms with Crippen LogP contribution in [0.5, 0.6) is 0 Å². The highest BCUT2D eigenvalue weighted by Crippen LogP contribution is 2.43. The number of nitrogens with one attached hydrogen (secondary N) is 1. The van der Waals surface area contributed by atoms with E-state index in [0.717, 1.165) is 64.2 Å². The molecule has 9 heteroatoms. The van der Waals surface area contributed by atoms with Crippen molar-refractivity contribution >= 4 is 13.7 Å². The van der Waals surface area contributed by atoms with Crippen LogP contribution in [0.15, 0.2) is 36.5 Å². The Bertz CT molecular complexity index is 1140. The average Bonchev–Trinajstić information content (AvgIpc) is 3.25. The van der Waals surface area contributed by atoms with Gasteiger partial charge < -0.3 is 19.8 Å². The lowest BCUT2D eigenvalue weighted by atomic mass is 10.0. The first-order valence-electron chi connectivity index (χ1n) is 27.4. The maximum atomic E-state index is 12.9. The molecule has 0 fully saturated rings. The first-order valence-corrected chi connectivity index (χ1v) is 28.9. The molecular formula is C55H108N2O6P+. The first-order chi connectivity index (χ1) is 31.0. The van der Waals surface area contributed by atoms with Gasteiger partial charge in [0, 0.05) is 6.42 Å². The molecule has 0 spiro atoms.